The van der Waals surface area contributed by atoms with Gasteiger partial charge < -0.3 is 15.4 Å². The molecular formula is C17H18N2O2. The molecule has 4 nitrogen and oxygen atoms in total. The molecule has 0 radical (unpaired) electrons. The Kier molecular flexibility index (Phi) is 4.61. The number of para-hydroxylation sites is 1. The van der Waals surface area contributed by atoms with Crippen LogP contribution < -0.4 is 15.4 Å². The zero-order chi connectivity index (χ0) is 15.2. The van der Waals surface area contributed by atoms with Crippen molar-refractivity contribution < 1.29 is 9.53 Å². The number of rotatable bonds is 5. The van der Waals surface area contributed by atoms with Gasteiger partial charge >= 0.3 is 0 Å². The number of benzene rings is 1. The van der Waals surface area contributed by atoms with E-state index in [-0.39, 0.29) is 12.1 Å². The summed E-state index contributed by atoms with van der Waals surface area (Å²) in [5.41, 5.74) is 2.18. The molecule has 0 unspecified atom stereocenters. The van der Waals surface area contributed by atoms with Gasteiger partial charge in [0.05, 0.1) is 18.4 Å². The molecule has 0 spiro atoms. The third-order valence-electron chi connectivity index (χ3n) is 3.10. The van der Waals surface area contributed by atoms with Crippen molar-refractivity contribution in [3.8, 4) is 5.75 Å². The maximum atomic E-state index is 12.1. The van der Waals surface area contributed by atoms with Gasteiger partial charge in [0.1, 0.15) is 11.9 Å². The van der Waals surface area contributed by atoms with Crippen molar-refractivity contribution >= 4 is 11.6 Å². The van der Waals surface area contributed by atoms with Crippen molar-refractivity contribution in [2.45, 2.75) is 6.17 Å². The Hall–Kier alpha value is -2.75. The molecule has 2 N–H and O–H groups in total. The third kappa shape index (κ3) is 3.23. The molecule has 1 aromatic carbocycles. The van der Waals surface area contributed by atoms with Crippen LogP contribution >= 0.6 is 0 Å². The highest BCUT2D eigenvalue weighted by Crippen LogP contribution is 2.31. The van der Waals surface area contributed by atoms with Crippen LogP contribution in [0.4, 0.5) is 5.69 Å². The van der Waals surface area contributed by atoms with Crippen molar-refractivity contribution in [2.75, 3.05) is 12.4 Å². The van der Waals surface area contributed by atoms with Crippen LogP contribution in [-0.4, -0.2) is 19.2 Å². The largest absolute Gasteiger partial charge is 0.495 e. The summed E-state index contributed by atoms with van der Waals surface area (Å²) in [7, 11) is 1.58. The van der Waals surface area contributed by atoms with E-state index in [0.29, 0.717) is 17.0 Å². The molecule has 0 saturated carbocycles. The average molecular weight is 282 g/mol. The van der Waals surface area contributed by atoms with E-state index in [1.807, 2.05) is 24.3 Å². The molecule has 0 fully saturated rings. The number of hydrogen-bond donors (Lipinski definition) is 2. The lowest BCUT2D eigenvalue weighted by Gasteiger charge is -2.27. The monoisotopic (exact) mass is 282 g/mol. The maximum absolute atomic E-state index is 12.1. The summed E-state index contributed by atoms with van der Waals surface area (Å²) in [4.78, 5) is 12.1. The molecule has 1 aromatic rings. The molecule has 0 bridgehead atoms. The number of nitrogens with one attached hydrogen (secondary N) is 2. The predicted molar refractivity (Wildman–Crippen MR) is 85.5 cm³/mol. The first-order valence-electron chi connectivity index (χ1n) is 6.57. The van der Waals surface area contributed by atoms with Gasteiger partial charge in [-0.2, -0.15) is 0 Å². The van der Waals surface area contributed by atoms with Gasteiger partial charge in [-0.15, -0.1) is 0 Å². The number of ether oxygens (including phenoxy) is 1. The van der Waals surface area contributed by atoms with Crippen LogP contribution in [0.25, 0.3) is 0 Å². The fourth-order valence-electron chi connectivity index (χ4n) is 2.08. The van der Waals surface area contributed by atoms with E-state index in [0.717, 1.165) is 5.57 Å². The van der Waals surface area contributed by atoms with E-state index < -0.39 is 0 Å². The molecule has 1 aliphatic rings. The Morgan fingerprint density at radius 1 is 1.33 bits per heavy atom. The topological polar surface area (TPSA) is 50.4 Å². The van der Waals surface area contributed by atoms with E-state index in [1.54, 1.807) is 31.4 Å². The first-order valence-corrected chi connectivity index (χ1v) is 6.57. The smallest absolute Gasteiger partial charge is 0.255 e. The molecule has 1 aliphatic heterocycles. The van der Waals surface area contributed by atoms with Gasteiger partial charge in [0.25, 0.3) is 5.91 Å². The van der Waals surface area contributed by atoms with Crippen molar-refractivity contribution in [1.82, 2.24) is 5.32 Å². The molecule has 108 valence electrons. The van der Waals surface area contributed by atoms with E-state index in [4.69, 9.17) is 4.74 Å². The zero-order valence-corrected chi connectivity index (χ0v) is 11.9. The average Bonchev–Trinajstić information content (AvgIpc) is 2.51. The van der Waals surface area contributed by atoms with Crippen LogP contribution in [0.15, 0.2) is 67.3 Å². The number of carbonyl (C=O) groups excluding carboxylic acids is 1. The van der Waals surface area contributed by atoms with E-state index in [9.17, 15) is 4.79 Å². The Balaban J connectivity index is 2.25. The lowest BCUT2D eigenvalue weighted by atomic mass is 10.1. The second-order valence-corrected chi connectivity index (χ2v) is 4.44. The molecule has 1 amide bonds. The van der Waals surface area contributed by atoms with Crippen molar-refractivity contribution in [2.24, 2.45) is 0 Å². The van der Waals surface area contributed by atoms with Gasteiger partial charge in [-0.25, -0.2) is 0 Å². The second kappa shape index (κ2) is 6.61. The number of anilines is 1. The molecule has 1 heterocycles. The SMILES string of the molecule is C=C/C=C(C=C)/C=C/[C@@H]1NC(=O)c2cccc(OC)c2N1. The van der Waals surface area contributed by atoms with Crippen molar-refractivity contribution in [3.05, 3.63) is 72.9 Å². The lowest BCUT2D eigenvalue weighted by molar-refractivity contribution is 0.0942. The van der Waals surface area contributed by atoms with Crippen LogP contribution in [0.3, 0.4) is 0 Å². The normalized spacial score (nSPS) is 17.7. The van der Waals surface area contributed by atoms with Gasteiger partial charge in [0, 0.05) is 0 Å². The van der Waals surface area contributed by atoms with Crippen LogP contribution in [0.2, 0.25) is 0 Å². The highest BCUT2D eigenvalue weighted by Gasteiger charge is 2.24. The van der Waals surface area contributed by atoms with Crippen LogP contribution in [-0.2, 0) is 0 Å². The summed E-state index contributed by atoms with van der Waals surface area (Å²) in [6.07, 6.45) is 8.65. The maximum Gasteiger partial charge on any atom is 0.255 e. The third-order valence-corrected chi connectivity index (χ3v) is 3.10. The Labute approximate surface area is 124 Å². The fourth-order valence-corrected chi connectivity index (χ4v) is 2.08. The Morgan fingerprint density at radius 2 is 2.14 bits per heavy atom. The minimum Gasteiger partial charge on any atom is -0.495 e. The minimum absolute atomic E-state index is 0.134. The number of amides is 1. The van der Waals surface area contributed by atoms with Gasteiger partial charge in [-0.1, -0.05) is 43.5 Å². The molecule has 2 rings (SSSR count). The lowest BCUT2D eigenvalue weighted by Crippen LogP contribution is -2.43. The first-order chi connectivity index (χ1) is 10.2. The molecule has 21 heavy (non-hydrogen) atoms. The van der Waals surface area contributed by atoms with Gasteiger partial charge in [-0.05, 0) is 23.8 Å². The summed E-state index contributed by atoms with van der Waals surface area (Å²) >= 11 is 0. The summed E-state index contributed by atoms with van der Waals surface area (Å²) in [5.74, 6) is 0.511. The zero-order valence-electron chi connectivity index (χ0n) is 11.9. The standard InChI is InChI=1S/C17H18N2O2/c1-4-7-12(5-2)10-11-15-18-16-13(17(20)19-15)8-6-9-14(16)21-3/h4-11,15,18H,1-2H2,3H3,(H,19,20)/b11-10+,12-7+/t15-/m0/s1. The highest BCUT2D eigenvalue weighted by atomic mass is 16.5. The first kappa shape index (κ1) is 14.7. The molecule has 1 atom stereocenters. The number of methoxy groups -OCH3 is 1. The predicted octanol–water partition coefficient (Wildman–Crippen LogP) is 3.03. The number of allylic oxidation sites excluding steroid dienone is 5. The van der Waals surface area contributed by atoms with Crippen molar-refractivity contribution in [3.63, 3.8) is 0 Å². The summed E-state index contributed by atoms with van der Waals surface area (Å²) in [5, 5.41) is 6.10. The minimum atomic E-state index is -0.311. The Bertz CT molecular complexity index is 630. The van der Waals surface area contributed by atoms with Gasteiger partial charge in [0.2, 0.25) is 0 Å². The van der Waals surface area contributed by atoms with Crippen LogP contribution in [0.5, 0.6) is 5.75 Å². The molecule has 0 aliphatic carbocycles. The van der Waals surface area contributed by atoms with Crippen LogP contribution in [0.1, 0.15) is 10.4 Å². The second-order valence-electron chi connectivity index (χ2n) is 4.44. The van der Waals surface area contributed by atoms with Gasteiger partial charge in [-0.3, -0.25) is 4.79 Å². The molecule has 0 saturated heterocycles. The van der Waals surface area contributed by atoms with Gasteiger partial charge in [0.15, 0.2) is 0 Å². The Morgan fingerprint density at radius 3 is 2.81 bits per heavy atom. The summed E-state index contributed by atoms with van der Waals surface area (Å²) in [6, 6.07) is 5.36. The highest BCUT2D eigenvalue weighted by molar-refractivity contribution is 6.03. The van der Waals surface area contributed by atoms with Crippen molar-refractivity contribution in [1.29, 1.82) is 0 Å². The van der Waals surface area contributed by atoms with E-state index >= 15 is 0 Å². The quantitative estimate of drug-likeness (QED) is 0.816. The number of carbonyl (C=O) groups is 1. The number of hydrogen-bond acceptors (Lipinski definition) is 3. The van der Waals surface area contributed by atoms with Crippen LogP contribution in [0, 0.1) is 0 Å². The fraction of sp³-hybridized carbons (Fsp3) is 0.118. The summed E-state index contributed by atoms with van der Waals surface area (Å²) < 4.78 is 5.29. The summed E-state index contributed by atoms with van der Waals surface area (Å²) in [6.45, 7) is 7.37. The van der Waals surface area contributed by atoms with E-state index in [1.165, 1.54) is 0 Å². The number of fused-ring (bicyclic) bond motifs is 1. The van der Waals surface area contributed by atoms with E-state index in [2.05, 4.69) is 23.8 Å². The molecule has 4 heteroatoms. The molecule has 0 aromatic heterocycles. The molecular weight excluding hydrogens is 264 g/mol.